The maximum atomic E-state index is 12.5. The Hall–Kier alpha value is -2.80. The van der Waals surface area contributed by atoms with Crippen LogP contribution in [0.25, 0.3) is 0 Å². The van der Waals surface area contributed by atoms with Crippen LogP contribution < -0.4 is 9.64 Å². The van der Waals surface area contributed by atoms with Gasteiger partial charge in [0, 0.05) is 32.3 Å². The van der Waals surface area contributed by atoms with Crippen molar-refractivity contribution in [1.82, 2.24) is 9.88 Å². The highest BCUT2D eigenvalue weighted by Gasteiger charge is 2.32. The summed E-state index contributed by atoms with van der Waals surface area (Å²) in [6, 6.07) is 12.6. The molecule has 1 aromatic carbocycles. The topological polar surface area (TPSA) is 64.1 Å². The van der Waals surface area contributed by atoms with Crippen molar-refractivity contribution in [3.63, 3.8) is 0 Å². The standard InChI is InChI=1S/C29H41N3O4/c1-29(2,3)36-28(33)32-14-7-10-25(32)22-35-27-18-26(19-30-20-27)31-15-11-24(12-16-31)21-34-17-13-23-8-5-4-6-9-23/h4-6,8-9,18-20,24-25H,7,10-17,21-22H2,1-3H3. The summed E-state index contributed by atoms with van der Waals surface area (Å²) < 4.78 is 17.6. The normalized spacial score (nSPS) is 18.9. The van der Waals surface area contributed by atoms with Crippen LogP contribution in [0.15, 0.2) is 48.8 Å². The lowest BCUT2D eigenvalue weighted by atomic mass is 9.97. The lowest BCUT2D eigenvalue weighted by Crippen LogP contribution is -2.42. The number of carbonyl (C=O) groups excluding carboxylic acids is 1. The van der Waals surface area contributed by atoms with E-state index in [-0.39, 0.29) is 12.1 Å². The molecule has 2 fully saturated rings. The van der Waals surface area contributed by atoms with E-state index in [4.69, 9.17) is 14.2 Å². The monoisotopic (exact) mass is 495 g/mol. The average Bonchev–Trinajstić information content (AvgIpc) is 3.35. The summed E-state index contributed by atoms with van der Waals surface area (Å²) >= 11 is 0. The molecule has 7 heteroatoms. The number of ether oxygens (including phenoxy) is 3. The summed E-state index contributed by atoms with van der Waals surface area (Å²) in [7, 11) is 0. The lowest BCUT2D eigenvalue weighted by molar-refractivity contribution is 0.0187. The number of aromatic nitrogens is 1. The summed E-state index contributed by atoms with van der Waals surface area (Å²) in [5.74, 6) is 1.35. The van der Waals surface area contributed by atoms with Crippen LogP contribution in [0.3, 0.4) is 0 Å². The quantitative estimate of drug-likeness (QED) is 0.438. The van der Waals surface area contributed by atoms with Gasteiger partial charge in [-0.1, -0.05) is 30.3 Å². The highest BCUT2D eigenvalue weighted by atomic mass is 16.6. The zero-order valence-corrected chi connectivity index (χ0v) is 22.0. The highest BCUT2D eigenvalue weighted by Crippen LogP contribution is 2.27. The minimum atomic E-state index is -0.495. The first-order valence-electron chi connectivity index (χ1n) is 13.3. The van der Waals surface area contributed by atoms with Crippen LogP contribution in [0.2, 0.25) is 0 Å². The molecule has 1 amide bonds. The van der Waals surface area contributed by atoms with Crippen molar-refractivity contribution < 1.29 is 19.0 Å². The third-order valence-electron chi connectivity index (χ3n) is 6.86. The van der Waals surface area contributed by atoms with Gasteiger partial charge in [-0.2, -0.15) is 0 Å². The predicted molar refractivity (Wildman–Crippen MR) is 142 cm³/mol. The van der Waals surface area contributed by atoms with Crippen molar-refractivity contribution in [3.8, 4) is 5.75 Å². The second kappa shape index (κ2) is 12.4. The Bertz CT molecular complexity index is 954. The molecule has 0 radical (unpaired) electrons. The zero-order valence-electron chi connectivity index (χ0n) is 22.0. The molecule has 0 aliphatic carbocycles. The van der Waals surface area contributed by atoms with E-state index in [9.17, 15) is 4.79 Å². The molecular formula is C29H41N3O4. The van der Waals surface area contributed by atoms with Gasteiger partial charge < -0.3 is 24.0 Å². The van der Waals surface area contributed by atoms with Crippen molar-refractivity contribution in [2.75, 3.05) is 44.4 Å². The molecule has 1 aromatic heterocycles. The summed E-state index contributed by atoms with van der Waals surface area (Å²) in [6.45, 7) is 10.4. The third-order valence-corrected chi connectivity index (χ3v) is 6.86. The third kappa shape index (κ3) is 7.85. The maximum absolute atomic E-state index is 12.5. The lowest BCUT2D eigenvalue weighted by Gasteiger charge is -2.33. The number of rotatable bonds is 9. The number of amides is 1. The molecule has 7 nitrogen and oxygen atoms in total. The van der Waals surface area contributed by atoms with Gasteiger partial charge in [-0.25, -0.2) is 4.79 Å². The molecule has 2 saturated heterocycles. The fraction of sp³-hybridized carbons (Fsp3) is 0.586. The number of piperidine rings is 1. The Kier molecular flexibility index (Phi) is 9.08. The number of nitrogens with zero attached hydrogens (tertiary/aromatic N) is 3. The van der Waals surface area contributed by atoms with Crippen molar-refractivity contribution in [2.24, 2.45) is 5.92 Å². The van der Waals surface area contributed by atoms with Crippen LogP contribution in [0.1, 0.15) is 52.0 Å². The minimum Gasteiger partial charge on any atom is -0.490 e. The molecule has 2 aliphatic rings. The van der Waals surface area contributed by atoms with Gasteiger partial charge in [0.1, 0.15) is 18.0 Å². The number of anilines is 1. The van der Waals surface area contributed by atoms with E-state index in [1.807, 2.05) is 33.0 Å². The first-order valence-corrected chi connectivity index (χ1v) is 13.3. The summed E-state index contributed by atoms with van der Waals surface area (Å²) in [5, 5.41) is 0. The first kappa shape index (κ1) is 26.3. The number of hydrogen-bond acceptors (Lipinski definition) is 6. The van der Waals surface area contributed by atoms with E-state index in [1.165, 1.54) is 5.56 Å². The first-order chi connectivity index (χ1) is 17.4. The van der Waals surface area contributed by atoms with Crippen LogP contribution in [-0.4, -0.2) is 67.1 Å². The summed E-state index contributed by atoms with van der Waals surface area (Å²) in [5.41, 5.74) is 1.92. The van der Waals surface area contributed by atoms with Crippen LogP contribution in [0, 0.1) is 5.92 Å². The van der Waals surface area contributed by atoms with Gasteiger partial charge in [0.2, 0.25) is 0 Å². The van der Waals surface area contributed by atoms with E-state index in [2.05, 4.69) is 40.2 Å². The van der Waals surface area contributed by atoms with Gasteiger partial charge in [-0.15, -0.1) is 0 Å². The molecule has 0 spiro atoms. The van der Waals surface area contributed by atoms with Gasteiger partial charge in [-0.3, -0.25) is 4.98 Å². The van der Waals surface area contributed by atoms with Gasteiger partial charge >= 0.3 is 6.09 Å². The Morgan fingerprint density at radius 3 is 2.56 bits per heavy atom. The Morgan fingerprint density at radius 1 is 1.03 bits per heavy atom. The smallest absolute Gasteiger partial charge is 0.410 e. The number of carbonyl (C=O) groups is 1. The fourth-order valence-electron chi connectivity index (χ4n) is 4.86. The molecule has 36 heavy (non-hydrogen) atoms. The average molecular weight is 496 g/mol. The fourth-order valence-corrected chi connectivity index (χ4v) is 4.86. The SMILES string of the molecule is CC(C)(C)OC(=O)N1CCCC1COc1cncc(N2CCC(COCCc3ccccc3)CC2)c1. The molecular weight excluding hydrogens is 454 g/mol. The molecule has 1 atom stereocenters. The zero-order chi connectivity index (χ0) is 25.4. The van der Waals surface area contributed by atoms with Crippen LogP contribution in [-0.2, 0) is 15.9 Å². The molecule has 1 unspecified atom stereocenters. The molecule has 2 aromatic rings. The minimum absolute atomic E-state index is 0.0288. The van der Waals surface area contributed by atoms with Crippen molar-refractivity contribution >= 4 is 11.8 Å². The Labute approximate surface area is 215 Å². The molecule has 4 rings (SSSR count). The van der Waals surface area contributed by atoms with Crippen LogP contribution in [0.5, 0.6) is 5.75 Å². The molecule has 0 bridgehead atoms. The van der Waals surface area contributed by atoms with E-state index in [0.29, 0.717) is 19.1 Å². The van der Waals surface area contributed by atoms with Crippen molar-refractivity contribution in [3.05, 3.63) is 54.4 Å². The van der Waals surface area contributed by atoms with Crippen molar-refractivity contribution in [1.29, 1.82) is 0 Å². The van der Waals surface area contributed by atoms with E-state index >= 15 is 0 Å². The number of benzene rings is 1. The Morgan fingerprint density at radius 2 is 1.81 bits per heavy atom. The van der Waals surface area contributed by atoms with Gasteiger partial charge in [0.15, 0.2) is 0 Å². The van der Waals surface area contributed by atoms with Crippen LogP contribution in [0.4, 0.5) is 10.5 Å². The van der Waals surface area contributed by atoms with Gasteiger partial charge in [-0.05, 0) is 64.4 Å². The highest BCUT2D eigenvalue weighted by molar-refractivity contribution is 5.69. The second-order valence-electron chi connectivity index (χ2n) is 10.9. The van der Waals surface area contributed by atoms with Crippen molar-refractivity contribution in [2.45, 2.75) is 64.5 Å². The summed E-state index contributed by atoms with van der Waals surface area (Å²) in [6.07, 6.45) is 8.49. The Balaban J connectivity index is 1.19. The summed E-state index contributed by atoms with van der Waals surface area (Å²) in [4.78, 5) is 21.1. The molecule has 0 N–H and O–H groups in total. The number of likely N-dealkylation sites (tertiary alicyclic amines) is 1. The van der Waals surface area contributed by atoms with Gasteiger partial charge in [0.25, 0.3) is 0 Å². The molecule has 3 heterocycles. The van der Waals surface area contributed by atoms with Crippen LogP contribution >= 0.6 is 0 Å². The van der Waals surface area contributed by atoms with E-state index in [1.54, 1.807) is 11.1 Å². The second-order valence-corrected chi connectivity index (χ2v) is 10.9. The molecule has 2 aliphatic heterocycles. The van der Waals surface area contributed by atoms with E-state index in [0.717, 1.165) is 69.8 Å². The predicted octanol–water partition coefficient (Wildman–Crippen LogP) is 5.34. The van der Waals surface area contributed by atoms with Gasteiger partial charge in [0.05, 0.1) is 30.7 Å². The maximum Gasteiger partial charge on any atom is 0.410 e. The number of pyridine rings is 1. The molecule has 196 valence electrons. The molecule has 0 saturated carbocycles. The van der Waals surface area contributed by atoms with E-state index < -0.39 is 5.60 Å². The largest absolute Gasteiger partial charge is 0.490 e. The number of hydrogen-bond donors (Lipinski definition) is 0.